The molecule has 0 aliphatic carbocycles. The Morgan fingerprint density at radius 2 is 1.69 bits per heavy atom. The smallest absolute Gasteiger partial charge is 0.122 e. The average Bonchev–Trinajstić information content (AvgIpc) is 1.82. The van der Waals surface area contributed by atoms with Gasteiger partial charge >= 0.3 is 0 Å². The molecule has 0 saturated carbocycles. The molecule has 0 fully saturated rings. The molecule has 0 aliphatic rings. The Morgan fingerprint density at radius 3 is 2.08 bits per heavy atom. The van der Waals surface area contributed by atoms with E-state index in [1.165, 1.54) is 0 Å². The second-order valence-corrected chi connectivity index (χ2v) is 4.53. The first-order chi connectivity index (χ1) is 5.77. The fraction of sp³-hybridized carbons (Fsp3) is 0.900. The van der Waals surface area contributed by atoms with Crippen molar-refractivity contribution in [3.05, 3.63) is 0 Å². The molecule has 0 aliphatic heterocycles. The molecule has 1 unspecified atom stereocenters. The molecule has 2 N–H and O–H groups in total. The number of hydrogen-bond donors (Lipinski definition) is 2. The molecule has 3 nitrogen and oxygen atoms in total. The van der Waals surface area contributed by atoms with Crippen molar-refractivity contribution >= 4 is 6.29 Å². The van der Waals surface area contributed by atoms with Crippen molar-refractivity contribution in [3.63, 3.8) is 0 Å². The number of carbonyl (C=O) groups is 1. The van der Waals surface area contributed by atoms with E-state index in [9.17, 15) is 15.0 Å². The summed E-state index contributed by atoms with van der Waals surface area (Å²) >= 11 is 0. The van der Waals surface area contributed by atoms with Gasteiger partial charge in [-0.25, -0.2) is 0 Å². The molecular formula is C10H20O3. The molecule has 0 amide bonds. The molecule has 13 heavy (non-hydrogen) atoms. The standard InChI is InChI=1S/C10H20O3/c1-9(2,12)5-4-6-10(3,13)7-8-11/h8,12-13H,4-7H2,1-3H3. The van der Waals surface area contributed by atoms with Crippen LogP contribution in [0.3, 0.4) is 0 Å². The highest BCUT2D eigenvalue weighted by molar-refractivity contribution is 5.51. The predicted octanol–water partition coefficient (Wildman–Crippen LogP) is 1.27. The first kappa shape index (κ1) is 12.6. The van der Waals surface area contributed by atoms with Crippen LogP contribution in [0, 0.1) is 0 Å². The fourth-order valence-electron chi connectivity index (χ4n) is 1.18. The second kappa shape index (κ2) is 4.72. The van der Waals surface area contributed by atoms with Gasteiger partial charge in [-0.2, -0.15) is 0 Å². The van der Waals surface area contributed by atoms with Crippen molar-refractivity contribution in [2.45, 2.75) is 57.7 Å². The highest BCUT2D eigenvalue weighted by atomic mass is 16.3. The molecule has 0 rings (SSSR count). The molecule has 0 saturated heterocycles. The van der Waals surface area contributed by atoms with Crippen molar-refractivity contribution in [1.29, 1.82) is 0 Å². The van der Waals surface area contributed by atoms with Crippen LogP contribution in [0.1, 0.15) is 46.5 Å². The van der Waals surface area contributed by atoms with Crippen LogP contribution in [0.4, 0.5) is 0 Å². The van der Waals surface area contributed by atoms with Crippen molar-refractivity contribution in [1.82, 2.24) is 0 Å². The predicted molar refractivity (Wildman–Crippen MR) is 51.5 cm³/mol. The van der Waals surface area contributed by atoms with Crippen molar-refractivity contribution < 1.29 is 15.0 Å². The zero-order valence-electron chi connectivity index (χ0n) is 8.71. The molecule has 0 bridgehead atoms. The molecule has 0 heterocycles. The maximum atomic E-state index is 10.2. The topological polar surface area (TPSA) is 57.5 Å². The van der Waals surface area contributed by atoms with Gasteiger partial charge in [0.05, 0.1) is 11.2 Å². The van der Waals surface area contributed by atoms with E-state index in [4.69, 9.17) is 0 Å². The number of carbonyl (C=O) groups excluding carboxylic acids is 1. The quantitative estimate of drug-likeness (QED) is 0.617. The number of rotatable bonds is 6. The van der Waals surface area contributed by atoms with Gasteiger partial charge in [0.25, 0.3) is 0 Å². The van der Waals surface area contributed by atoms with E-state index in [0.29, 0.717) is 12.8 Å². The van der Waals surface area contributed by atoms with Gasteiger partial charge in [-0.15, -0.1) is 0 Å². The monoisotopic (exact) mass is 188 g/mol. The zero-order valence-corrected chi connectivity index (χ0v) is 8.71. The summed E-state index contributed by atoms with van der Waals surface area (Å²) in [4.78, 5) is 10.2. The molecule has 0 aromatic heterocycles. The first-order valence-electron chi connectivity index (χ1n) is 4.65. The van der Waals surface area contributed by atoms with E-state index in [1.54, 1.807) is 20.8 Å². The molecule has 0 aromatic rings. The van der Waals surface area contributed by atoms with Crippen LogP contribution in [0.2, 0.25) is 0 Å². The van der Waals surface area contributed by atoms with E-state index in [1.807, 2.05) is 0 Å². The van der Waals surface area contributed by atoms with Crippen LogP contribution in [-0.4, -0.2) is 27.7 Å². The van der Waals surface area contributed by atoms with Gasteiger partial charge in [0, 0.05) is 6.42 Å². The lowest BCUT2D eigenvalue weighted by atomic mass is 9.92. The Hall–Kier alpha value is -0.410. The fourth-order valence-corrected chi connectivity index (χ4v) is 1.18. The Kier molecular flexibility index (Phi) is 4.57. The number of aliphatic hydroxyl groups is 2. The van der Waals surface area contributed by atoms with Gasteiger partial charge in [-0.1, -0.05) is 0 Å². The maximum Gasteiger partial charge on any atom is 0.122 e. The highest BCUT2D eigenvalue weighted by Gasteiger charge is 2.21. The highest BCUT2D eigenvalue weighted by Crippen LogP contribution is 2.20. The van der Waals surface area contributed by atoms with E-state index < -0.39 is 11.2 Å². The normalized spacial score (nSPS) is 16.7. The minimum Gasteiger partial charge on any atom is -0.390 e. The van der Waals surface area contributed by atoms with Gasteiger partial charge in [0.1, 0.15) is 6.29 Å². The summed E-state index contributed by atoms with van der Waals surface area (Å²) in [6, 6.07) is 0. The number of aldehydes is 1. The van der Waals surface area contributed by atoms with Crippen LogP contribution >= 0.6 is 0 Å². The van der Waals surface area contributed by atoms with Crippen molar-refractivity contribution in [2.24, 2.45) is 0 Å². The van der Waals surface area contributed by atoms with E-state index in [-0.39, 0.29) is 6.42 Å². The summed E-state index contributed by atoms with van der Waals surface area (Å²) < 4.78 is 0. The Labute approximate surface area is 79.8 Å². The van der Waals surface area contributed by atoms with Crippen molar-refractivity contribution in [2.75, 3.05) is 0 Å². The average molecular weight is 188 g/mol. The summed E-state index contributed by atoms with van der Waals surface area (Å²) in [6.45, 7) is 5.12. The van der Waals surface area contributed by atoms with E-state index in [0.717, 1.165) is 12.7 Å². The lowest BCUT2D eigenvalue weighted by Crippen LogP contribution is -2.26. The van der Waals surface area contributed by atoms with Gasteiger partial charge in [0.15, 0.2) is 0 Å². The Balaban J connectivity index is 3.69. The lowest BCUT2D eigenvalue weighted by Gasteiger charge is -2.23. The summed E-state index contributed by atoms with van der Waals surface area (Å²) in [5, 5.41) is 19.0. The maximum absolute atomic E-state index is 10.2. The second-order valence-electron chi connectivity index (χ2n) is 4.53. The zero-order chi connectivity index (χ0) is 10.5. The number of hydrogen-bond acceptors (Lipinski definition) is 3. The van der Waals surface area contributed by atoms with Crippen molar-refractivity contribution in [3.8, 4) is 0 Å². The largest absolute Gasteiger partial charge is 0.390 e. The Bertz CT molecular complexity index is 156. The summed E-state index contributed by atoms with van der Waals surface area (Å²) in [5.41, 5.74) is -1.59. The third kappa shape index (κ3) is 7.94. The lowest BCUT2D eigenvalue weighted by molar-refractivity contribution is -0.112. The van der Waals surface area contributed by atoms with Crippen LogP contribution in [-0.2, 0) is 4.79 Å². The van der Waals surface area contributed by atoms with E-state index in [2.05, 4.69) is 0 Å². The summed E-state index contributed by atoms with van der Waals surface area (Å²) in [6.07, 6.45) is 2.81. The molecule has 0 aromatic carbocycles. The SMILES string of the molecule is CC(C)(O)CCCC(C)(O)CC=O. The van der Waals surface area contributed by atoms with Gasteiger partial charge in [-0.05, 0) is 40.0 Å². The molecule has 0 spiro atoms. The first-order valence-corrected chi connectivity index (χ1v) is 4.65. The molecule has 1 atom stereocenters. The third-order valence-electron chi connectivity index (χ3n) is 2.03. The summed E-state index contributed by atoms with van der Waals surface area (Å²) in [5.74, 6) is 0. The van der Waals surface area contributed by atoms with Crippen LogP contribution in [0.15, 0.2) is 0 Å². The summed E-state index contributed by atoms with van der Waals surface area (Å²) in [7, 11) is 0. The van der Waals surface area contributed by atoms with Gasteiger partial charge in [0.2, 0.25) is 0 Å². The Morgan fingerprint density at radius 1 is 1.15 bits per heavy atom. The molecule has 78 valence electrons. The van der Waals surface area contributed by atoms with Crippen LogP contribution < -0.4 is 0 Å². The minimum atomic E-state index is -0.910. The van der Waals surface area contributed by atoms with Crippen LogP contribution in [0.5, 0.6) is 0 Å². The van der Waals surface area contributed by atoms with Gasteiger partial charge in [-0.3, -0.25) is 0 Å². The van der Waals surface area contributed by atoms with Gasteiger partial charge < -0.3 is 15.0 Å². The van der Waals surface area contributed by atoms with E-state index >= 15 is 0 Å². The third-order valence-corrected chi connectivity index (χ3v) is 2.03. The molecular weight excluding hydrogens is 168 g/mol. The molecule has 0 radical (unpaired) electrons. The molecule has 3 heteroatoms. The minimum absolute atomic E-state index is 0.166. The van der Waals surface area contributed by atoms with Crippen LogP contribution in [0.25, 0.3) is 0 Å².